The predicted molar refractivity (Wildman–Crippen MR) is 156 cm³/mol. The van der Waals surface area contributed by atoms with Crippen LogP contribution in [0.25, 0.3) is 11.0 Å². The molecule has 0 spiro atoms. The Kier molecular flexibility index (Phi) is 7.89. The quantitative estimate of drug-likeness (QED) is 0.154. The number of carbonyl (C=O) groups excluding carboxylic acids is 1. The molecule has 6 nitrogen and oxygen atoms in total. The Balaban J connectivity index is 1.18. The standard InChI is InChI=1S/C33H28ClF2N3O3/c1-20(40)22-9-12-29-30(14-22)39(18-21-4-2-5-21)32(38-29)15-23-8-11-26(17-27(23)35)42-33-7-3-6-25(37-33)19-41-31-13-10-24(34)16-28(31)36/h3,6-14,16-17,21H,2,4-5,15,18-19H2,1H3. The molecular formula is C33H28ClF2N3O3. The van der Waals surface area contributed by atoms with E-state index in [0.29, 0.717) is 34.9 Å². The van der Waals surface area contributed by atoms with Crippen LogP contribution in [0.1, 0.15) is 53.6 Å². The van der Waals surface area contributed by atoms with E-state index >= 15 is 4.39 Å². The second kappa shape index (κ2) is 11.9. The Hall–Kier alpha value is -4.30. The maximum Gasteiger partial charge on any atom is 0.219 e. The summed E-state index contributed by atoms with van der Waals surface area (Å²) < 4.78 is 42.9. The number of halogens is 3. The monoisotopic (exact) mass is 587 g/mol. The van der Waals surface area contributed by atoms with Gasteiger partial charge in [0.25, 0.3) is 0 Å². The molecule has 0 radical (unpaired) electrons. The van der Waals surface area contributed by atoms with Gasteiger partial charge >= 0.3 is 0 Å². The van der Waals surface area contributed by atoms with Crippen LogP contribution in [0.2, 0.25) is 5.02 Å². The van der Waals surface area contributed by atoms with E-state index in [1.165, 1.54) is 24.6 Å². The number of fused-ring (bicyclic) bond motifs is 1. The van der Waals surface area contributed by atoms with Gasteiger partial charge < -0.3 is 14.0 Å². The number of pyridine rings is 1. The van der Waals surface area contributed by atoms with Gasteiger partial charge in [0, 0.05) is 35.7 Å². The van der Waals surface area contributed by atoms with Crippen molar-refractivity contribution < 1.29 is 23.0 Å². The fourth-order valence-electron chi connectivity index (χ4n) is 5.03. The molecule has 0 N–H and O–H groups in total. The van der Waals surface area contributed by atoms with Gasteiger partial charge in [0.15, 0.2) is 17.3 Å². The van der Waals surface area contributed by atoms with Crippen molar-refractivity contribution in [3.8, 4) is 17.4 Å². The van der Waals surface area contributed by atoms with Gasteiger partial charge in [0.1, 0.15) is 24.0 Å². The second-order valence-corrected chi connectivity index (χ2v) is 11.0. The molecular weight excluding hydrogens is 560 g/mol. The number of imidazole rings is 1. The number of hydrogen-bond donors (Lipinski definition) is 0. The molecule has 0 atom stereocenters. The smallest absolute Gasteiger partial charge is 0.219 e. The van der Waals surface area contributed by atoms with Crippen LogP contribution in [0.5, 0.6) is 17.4 Å². The number of carbonyl (C=O) groups is 1. The molecule has 3 aromatic carbocycles. The van der Waals surface area contributed by atoms with Crippen molar-refractivity contribution in [3.63, 3.8) is 0 Å². The van der Waals surface area contributed by atoms with E-state index in [0.717, 1.165) is 36.2 Å². The van der Waals surface area contributed by atoms with Gasteiger partial charge in [-0.1, -0.05) is 30.2 Å². The lowest BCUT2D eigenvalue weighted by Gasteiger charge is -2.26. The summed E-state index contributed by atoms with van der Waals surface area (Å²) in [5.41, 5.74) is 3.33. The average Bonchev–Trinajstić information content (AvgIpc) is 3.28. The van der Waals surface area contributed by atoms with Crippen molar-refractivity contribution in [3.05, 3.63) is 112 Å². The van der Waals surface area contributed by atoms with E-state index in [1.807, 2.05) is 12.1 Å². The first-order valence-corrected chi connectivity index (χ1v) is 14.2. The van der Waals surface area contributed by atoms with Crippen molar-refractivity contribution in [1.82, 2.24) is 14.5 Å². The molecule has 6 rings (SSSR count). The lowest BCUT2D eigenvalue weighted by Crippen LogP contribution is -2.19. The molecule has 1 aliphatic rings. The molecule has 1 fully saturated rings. The third kappa shape index (κ3) is 6.14. The number of Topliss-reactive ketones (excluding diaryl/α,β-unsaturated/α-hetero) is 1. The van der Waals surface area contributed by atoms with Crippen LogP contribution in [0.3, 0.4) is 0 Å². The molecule has 0 unspecified atom stereocenters. The summed E-state index contributed by atoms with van der Waals surface area (Å²) >= 11 is 5.79. The Morgan fingerprint density at radius 3 is 2.60 bits per heavy atom. The Labute approximate surface area is 246 Å². The predicted octanol–water partition coefficient (Wildman–Crippen LogP) is 8.33. The minimum absolute atomic E-state index is 0.000478. The van der Waals surface area contributed by atoms with Gasteiger partial charge in [-0.3, -0.25) is 4.79 Å². The third-order valence-corrected chi connectivity index (χ3v) is 7.78. The Bertz CT molecular complexity index is 1780. The highest BCUT2D eigenvalue weighted by Crippen LogP contribution is 2.32. The van der Waals surface area contributed by atoms with Crippen LogP contribution in [0, 0.1) is 17.6 Å². The molecule has 0 amide bonds. The zero-order valence-electron chi connectivity index (χ0n) is 22.9. The number of ether oxygens (including phenoxy) is 2. The highest BCUT2D eigenvalue weighted by molar-refractivity contribution is 6.30. The largest absolute Gasteiger partial charge is 0.484 e. The summed E-state index contributed by atoms with van der Waals surface area (Å²) in [6.45, 7) is 2.36. The van der Waals surface area contributed by atoms with Crippen LogP contribution in [-0.4, -0.2) is 20.3 Å². The fourth-order valence-corrected chi connectivity index (χ4v) is 5.19. The minimum Gasteiger partial charge on any atom is -0.484 e. The van der Waals surface area contributed by atoms with E-state index in [-0.39, 0.29) is 29.0 Å². The van der Waals surface area contributed by atoms with Crippen LogP contribution >= 0.6 is 11.6 Å². The van der Waals surface area contributed by atoms with E-state index < -0.39 is 11.6 Å². The van der Waals surface area contributed by atoms with Crippen molar-refractivity contribution in [2.24, 2.45) is 5.92 Å². The van der Waals surface area contributed by atoms with Crippen LogP contribution in [0.15, 0.2) is 72.8 Å². The maximum absolute atomic E-state index is 15.3. The molecule has 0 aliphatic heterocycles. The van der Waals surface area contributed by atoms with Gasteiger partial charge in [-0.05, 0) is 79.8 Å². The lowest BCUT2D eigenvalue weighted by atomic mass is 9.85. The summed E-state index contributed by atoms with van der Waals surface area (Å²) in [5.74, 6) is 0.938. The topological polar surface area (TPSA) is 66.2 Å². The molecule has 9 heteroatoms. The number of nitrogens with zero attached hydrogens (tertiary/aromatic N) is 3. The molecule has 2 aromatic heterocycles. The lowest BCUT2D eigenvalue weighted by molar-refractivity contribution is 0.101. The average molecular weight is 588 g/mol. The molecule has 42 heavy (non-hydrogen) atoms. The summed E-state index contributed by atoms with van der Waals surface area (Å²) in [7, 11) is 0. The van der Waals surface area contributed by atoms with Crippen molar-refractivity contribution in [2.75, 3.05) is 0 Å². The van der Waals surface area contributed by atoms with Crippen LogP contribution in [-0.2, 0) is 19.6 Å². The summed E-state index contributed by atoms with van der Waals surface area (Å²) in [5, 5.41) is 0.280. The van der Waals surface area contributed by atoms with Gasteiger partial charge in [-0.2, -0.15) is 0 Å². The molecule has 214 valence electrons. The van der Waals surface area contributed by atoms with Crippen LogP contribution < -0.4 is 9.47 Å². The maximum atomic E-state index is 15.3. The Morgan fingerprint density at radius 2 is 1.86 bits per heavy atom. The van der Waals surface area contributed by atoms with E-state index in [2.05, 4.69) is 9.55 Å². The van der Waals surface area contributed by atoms with Crippen molar-refractivity contribution in [1.29, 1.82) is 0 Å². The second-order valence-electron chi connectivity index (χ2n) is 10.6. The molecule has 5 aromatic rings. The van der Waals surface area contributed by atoms with E-state index in [4.69, 9.17) is 26.1 Å². The normalized spacial score (nSPS) is 13.2. The SMILES string of the molecule is CC(=O)c1ccc2nc(Cc3ccc(Oc4cccc(COc5ccc(Cl)cc5F)n4)cc3F)n(CC3CCC3)c2c1. The molecule has 0 saturated heterocycles. The third-order valence-electron chi connectivity index (χ3n) is 7.55. The van der Waals surface area contributed by atoms with E-state index in [9.17, 15) is 9.18 Å². The van der Waals surface area contributed by atoms with Gasteiger partial charge in [-0.25, -0.2) is 18.7 Å². The van der Waals surface area contributed by atoms with Gasteiger partial charge in [0.2, 0.25) is 5.88 Å². The molecule has 1 aliphatic carbocycles. The fraction of sp³-hybridized carbons (Fsp3) is 0.242. The van der Waals surface area contributed by atoms with E-state index in [1.54, 1.807) is 49.4 Å². The Morgan fingerprint density at radius 1 is 1.00 bits per heavy atom. The van der Waals surface area contributed by atoms with Gasteiger partial charge in [0.05, 0.1) is 16.7 Å². The number of rotatable bonds is 10. The molecule has 0 bridgehead atoms. The number of hydrogen-bond acceptors (Lipinski definition) is 5. The summed E-state index contributed by atoms with van der Waals surface area (Å²) in [6.07, 6.45) is 3.83. The van der Waals surface area contributed by atoms with Crippen molar-refractivity contribution in [2.45, 2.75) is 45.8 Å². The first-order valence-electron chi connectivity index (χ1n) is 13.8. The molecule has 1 saturated carbocycles. The molecule has 2 heterocycles. The minimum atomic E-state index is -0.565. The number of benzene rings is 3. The first kappa shape index (κ1) is 27.8. The first-order chi connectivity index (χ1) is 20.3. The summed E-state index contributed by atoms with van der Waals surface area (Å²) in [4.78, 5) is 21.2. The van der Waals surface area contributed by atoms with Gasteiger partial charge in [-0.15, -0.1) is 0 Å². The van der Waals surface area contributed by atoms with Crippen LogP contribution in [0.4, 0.5) is 8.78 Å². The highest BCUT2D eigenvalue weighted by Gasteiger charge is 2.22. The highest BCUT2D eigenvalue weighted by atomic mass is 35.5. The zero-order valence-corrected chi connectivity index (χ0v) is 23.7. The number of ketones is 1. The zero-order chi connectivity index (χ0) is 29.2. The van der Waals surface area contributed by atoms with Crippen molar-refractivity contribution >= 4 is 28.4 Å². The summed E-state index contributed by atoms with van der Waals surface area (Å²) in [6, 6.07) is 19.5. The number of aromatic nitrogens is 3.